The molecular formula is C13H26N2O3. The quantitative estimate of drug-likeness (QED) is 0.734. The molecule has 0 saturated carbocycles. The maximum Gasteiger partial charge on any atom is 0.157 e. The molecule has 2 fully saturated rings. The van der Waals surface area contributed by atoms with Gasteiger partial charge in [-0.05, 0) is 19.3 Å². The zero-order valence-electron chi connectivity index (χ0n) is 11.2. The molecule has 0 bridgehead atoms. The molecule has 1 unspecified atom stereocenters. The van der Waals surface area contributed by atoms with Crippen molar-refractivity contribution in [2.24, 2.45) is 0 Å². The van der Waals surface area contributed by atoms with Crippen LogP contribution in [0.4, 0.5) is 0 Å². The number of nitrogens with zero attached hydrogens (tertiary/aromatic N) is 2. The largest absolute Gasteiger partial charge is 0.395 e. The topological polar surface area (TPSA) is 45.2 Å². The minimum Gasteiger partial charge on any atom is -0.395 e. The van der Waals surface area contributed by atoms with Crippen LogP contribution in [0.25, 0.3) is 0 Å². The number of ether oxygens (including phenoxy) is 2. The lowest BCUT2D eigenvalue weighted by Crippen LogP contribution is -2.48. The van der Waals surface area contributed by atoms with E-state index in [1.165, 1.54) is 12.8 Å². The van der Waals surface area contributed by atoms with Gasteiger partial charge in [-0.1, -0.05) is 0 Å². The molecule has 1 atom stereocenters. The highest BCUT2D eigenvalue weighted by Crippen LogP contribution is 2.13. The van der Waals surface area contributed by atoms with Gasteiger partial charge in [-0.15, -0.1) is 0 Å². The molecule has 2 saturated heterocycles. The van der Waals surface area contributed by atoms with Crippen molar-refractivity contribution < 1.29 is 14.6 Å². The van der Waals surface area contributed by atoms with Gasteiger partial charge in [0.2, 0.25) is 0 Å². The Bertz CT molecular complexity index is 214. The second-order valence-electron chi connectivity index (χ2n) is 5.07. The Morgan fingerprint density at radius 1 is 1.06 bits per heavy atom. The summed E-state index contributed by atoms with van der Waals surface area (Å²) in [6.45, 7) is 7.95. The molecule has 0 spiro atoms. The Balaban J connectivity index is 1.52. The Morgan fingerprint density at radius 3 is 2.39 bits per heavy atom. The van der Waals surface area contributed by atoms with Gasteiger partial charge < -0.3 is 14.6 Å². The first-order valence-corrected chi connectivity index (χ1v) is 7.17. The van der Waals surface area contributed by atoms with Crippen molar-refractivity contribution >= 4 is 0 Å². The first-order chi connectivity index (χ1) is 8.88. The number of hydrogen-bond donors (Lipinski definition) is 1. The highest BCUT2D eigenvalue weighted by Gasteiger charge is 2.17. The summed E-state index contributed by atoms with van der Waals surface area (Å²) in [6, 6.07) is 0. The monoisotopic (exact) mass is 258 g/mol. The van der Waals surface area contributed by atoms with Crippen LogP contribution in [0.1, 0.15) is 19.3 Å². The van der Waals surface area contributed by atoms with Crippen LogP contribution in [-0.2, 0) is 9.47 Å². The number of aliphatic hydroxyl groups excluding tert-OH is 1. The molecule has 5 nitrogen and oxygen atoms in total. The summed E-state index contributed by atoms with van der Waals surface area (Å²) in [6.07, 6.45) is 3.48. The highest BCUT2D eigenvalue weighted by atomic mass is 16.7. The molecule has 5 heteroatoms. The lowest BCUT2D eigenvalue weighted by molar-refractivity contribution is -0.164. The van der Waals surface area contributed by atoms with Crippen LogP contribution in [0.3, 0.4) is 0 Å². The fraction of sp³-hybridized carbons (Fsp3) is 1.00. The van der Waals surface area contributed by atoms with E-state index in [1.807, 2.05) is 0 Å². The Labute approximate surface area is 110 Å². The zero-order chi connectivity index (χ0) is 12.6. The summed E-state index contributed by atoms with van der Waals surface area (Å²) in [5.74, 6) is 0. The van der Waals surface area contributed by atoms with Crippen LogP contribution in [-0.4, -0.2) is 80.3 Å². The van der Waals surface area contributed by atoms with Crippen molar-refractivity contribution in [1.29, 1.82) is 0 Å². The van der Waals surface area contributed by atoms with Gasteiger partial charge in [0.05, 0.1) is 13.2 Å². The first-order valence-electron chi connectivity index (χ1n) is 7.17. The third kappa shape index (κ3) is 4.82. The van der Waals surface area contributed by atoms with Crippen molar-refractivity contribution in [2.75, 3.05) is 59.1 Å². The van der Waals surface area contributed by atoms with E-state index in [-0.39, 0.29) is 12.9 Å². The van der Waals surface area contributed by atoms with Crippen molar-refractivity contribution in [3.63, 3.8) is 0 Å². The minimum atomic E-state index is 0.0365. The van der Waals surface area contributed by atoms with Gasteiger partial charge in [0, 0.05) is 45.9 Å². The molecule has 1 N–H and O–H groups in total. The van der Waals surface area contributed by atoms with Crippen molar-refractivity contribution in [2.45, 2.75) is 25.6 Å². The summed E-state index contributed by atoms with van der Waals surface area (Å²) in [4.78, 5) is 4.73. The third-order valence-corrected chi connectivity index (χ3v) is 3.73. The van der Waals surface area contributed by atoms with Gasteiger partial charge >= 0.3 is 0 Å². The molecule has 0 radical (unpaired) electrons. The number of β-amino-alcohol motifs (C(OH)–C–C–N with tert-alkyl or cyclic N) is 1. The normalized spacial score (nSPS) is 27.5. The second kappa shape index (κ2) is 8.07. The van der Waals surface area contributed by atoms with Crippen molar-refractivity contribution in [3.05, 3.63) is 0 Å². The van der Waals surface area contributed by atoms with Crippen LogP contribution in [0.2, 0.25) is 0 Å². The van der Waals surface area contributed by atoms with E-state index >= 15 is 0 Å². The van der Waals surface area contributed by atoms with E-state index in [0.717, 1.165) is 58.9 Å². The van der Waals surface area contributed by atoms with Crippen LogP contribution >= 0.6 is 0 Å². The van der Waals surface area contributed by atoms with Crippen LogP contribution in [0.5, 0.6) is 0 Å². The fourth-order valence-electron chi connectivity index (χ4n) is 2.53. The number of rotatable bonds is 6. The van der Waals surface area contributed by atoms with Crippen LogP contribution < -0.4 is 0 Å². The molecule has 18 heavy (non-hydrogen) atoms. The van der Waals surface area contributed by atoms with Crippen LogP contribution in [0, 0.1) is 0 Å². The van der Waals surface area contributed by atoms with Gasteiger partial charge in [0.15, 0.2) is 6.29 Å². The molecular weight excluding hydrogens is 232 g/mol. The average molecular weight is 258 g/mol. The minimum absolute atomic E-state index is 0.0365. The maximum absolute atomic E-state index is 8.88. The standard InChI is InChI=1S/C13H26N2O3/c16-10-8-14-4-6-15(7-5-14)9-12-18-13-3-1-2-11-17-13/h13,16H,1-12H2. The Kier molecular flexibility index (Phi) is 6.37. The van der Waals surface area contributed by atoms with Crippen molar-refractivity contribution in [3.8, 4) is 0 Å². The Morgan fingerprint density at radius 2 is 1.78 bits per heavy atom. The molecule has 2 heterocycles. The number of hydrogen-bond acceptors (Lipinski definition) is 5. The summed E-state index contributed by atoms with van der Waals surface area (Å²) in [5, 5.41) is 8.88. The first kappa shape index (κ1) is 14.2. The Hall–Kier alpha value is -0.200. The molecule has 0 amide bonds. The smallest absolute Gasteiger partial charge is 0.157 e. The maximum atomic E-state index is 8.88. The summed E-state index contributed by atoms with van der Waals surface area (Å²) in [5.41, 5.74) is 0. The van der Waals surface area contributed by atoms with E-state index in [4.69, 9.17) is 14.6 Å². The van der Waals surface area contributed by atoms with Gasteiger partial charge in [-0.25, -0.2) is 0 Å². The van der Waals surface area contributed by atoms with E-state index in [0.29, 0.717) is 0 Å². The SMILES string of the molecule is OCCN1CCN(CCOC2CCCCO2)CC1. The molecule has 0 aromatic carbocycles. The zero-order valence-corrected chi connectivity index (χ0v) is 11.2. The predicted octanol–water partition coefficient (Wildman–Crippen LogP) is 0.140. The molecule has 0 aromatic heterocycles. The summed E-state index contributed by atoms with van der Waals surface area (Å²) in [7, 11) is 0. The molecule has 0 aromatic rings. The van der Waals surface area contributed by atoms with Gasteiger partial charge in [-0.3, -0.25) is 9.80 Å². The fourth-order valence-corrected chi connectivity index (χ4v) is 2.53. The molecule has 2 aliphatic heterocycles. The van der Waals surface area contributed by atoms with E-state index < -0.39 is 0 Å². The lowest BCUT2D eigenvalue weighted by atomic mass is 10.2. The third-order valence-electron chi connectivity index (χ3n) is 3.73. The molecule has 0 aliphatic carbocycles. The number of aliphatic hydroxyl groups is 1. The molecule has 2 rings (SSSR count). The van der Waals surface area contributed by atoms with Gasteiger partial charge in [-0.2, -0.15) is 0 Å². The summed E-state index contributed by atoms with van der Waals surface area (Å²) >= 11 is 0. The highest BCUT2D eigenvalue weighted by molar-refractivity contribution is 4.71. The van der Waals surface area contributed by atoms with Gasteiger partial charge in [0.1, 0.15) is 0 Å². The summed E-state index contributed by atoms with van der Waals surface area (Å²) < 4.78 is 11.3. The molecule has 106 valence electrons. The van der Waals surface area contributed by atoms with Gasteiger partial charge in [0.25, 0.3) is 0 Å². The lowest BCUT2D eigenvalue weighted by Gasteiger charge is -2.34. The predicted molar refractivity (Wildman–Crippen MR) is 69.5 cm³/mol. The van der Waals surface area contributed by atoms with E-state index in [9.17, 15) is 0 Å². The van der Waals surface area contributed by atoms with E-state index in [2.05, 4.69) is 9.80 Å². The van der Waals surface area contributed by atoms with Crippen LogP contribution in [0.15, 0.2) is 0 Å². The molecule has 2 aliphatic rings. The van der Waals surface area contributed by atoms with E-state index in [1.54, 1.807) is 0 Å². The number of piperazine rings is 1. The second-order valence-corrected chi connectivity index (χ2v) is 5.07. The van der Waals surface area contributed by atoms with Crippen molar-refractivity contribution in [1.82, 2.24) is 9.80 Å². The average Bonchev–Trinajstić information content (AvgIpc) is 2.42.